The molecular formula is C8H20B2N8O4. The molecule has 0 aliphatic carbocycles. The van der Waals surface area contributed by atoms with Crippen LogP contribution in [0.1, 0.15) is 6.92 Å². The van der Waals surface area contributed by atoms with Crippen LogP contribution in [0.2, 0.25) is 5.65 Å². The Bertz CT molecular complexity index is 519. The van der Waals surface area contributed by atoms with Gasteiger partial charge in [0.05, 0.1) is 13.3 Å². The van der Waals surface area contributed by atoms with Gasteiger partial charge in [-0.15, -0.1) is 0 Å². The molecule has 0 saturated heterocycles. The lowest BCUT2D eigenvalue weighted by Crippen LogP contribution is -2.52. The Labute approximate surface area is 134 Å². The molecule has 0 aromatic heterocycles. The third-order valence-electron chi connectivity index (χ3n) is 1.84. The summed E-state index contributed by atoms with van der Waals surface area (Å²) in [6, 6.07) is -2.83. The predicted octanol–water partition coefficient (Wildman–Crippen LogP) is -4.31. The molecule has 22 heavy (non-hydrogen) atoms. The Morgan fingerprint density at radius 3 is 1.64 bits per heavy atom. The van der Waals surface area contributed by atoms with Gasteiger partial charge in [0.2, 0.25) is 5.91 Å². The summed E-state index contributed by atoms with van der Waals surface area (Å²) in [4.78, 5) is 45.2. The number of amides is 7. The van der Waals surface area contributed by atoms with E-state index in [1.807, 2.05) is 0 Å². The normalized spacial score (nSPS) is 11.6. The van der Waals surface area contributed by atoms with E-state index in [9.17, 15) is 19.2 Å². The van der Waals surface area contributed by atoms with Gasteiger partial charge in [0.15, 0.2) is 0 Å². The minimum absolute atomic E-state index is 0.211. The molecule has 0 bridgehead atoms. The third kappa shape index (κ3) is 12.4. The van der Waals surface area contributed by atoms with Crippen molar-refractivity contribution in [3.63, 3.8) is 0 Å². The number of nitrogens with one attached hydrogen (secondary N) is 8. The molecule has 7 amide bonds. The third-order valence-corrected chi connectivity index (χ3v) is 1.84. The minimum Gasteiger partial charge on any atom is -0.370 e. The number of hydrogen-bond donors (Lipinski definition) is 8. The van der Waals surface area contributed by atoms with Gasteiger partial charge in [-0.2, -0.15) is 0 Å². The van der Waals surface area contributed by atoms with Gasteiger partial charge in [0, 0.05) is 6.92 Å². The predicted molar refractivity (Wildman–Crippen MR) is 81.9 cm³/mol. The van der Waals surface area contributed by atoms with Gasteiger partial charge in [-0.25, -0.2) is 0 Å². The molecule has 0 rings (SSSR count). The first-order valence-electron chi connectivity index (χ1n) is 7.90. The maximum atomic E-state index is 11.6. The topological polar surface area (TPSA) is 165 Å². The summed E-state index contributed by atoms with van der Waals surface area (Å²) in [5.41, 5.74) is 0. The van der Waals surface area contributed by atoms with Crippen LogP contribution in [0.3, 0.4) is 0 Å². The summed E-state index contributed by atoms with van der Waals surface area (Å²) < 4.78 is 29.2. The van der Waals surface area contributed by atoms with Crippen LogP contribution in [0.5, 0.6) is 0 Å². The van der Waals surface area contributed by atoms with E-state index in [0.717, 1.165) is 5.22 Å². The number of carbonyl (C=O) groups excluding carboxylic acids is 4. The Kier molecular flexibility index (Phi) is 7.21. The molecule has 0 heterocycles. The molecule has 8 N–H and O–H groups in total. The van der Waals surface area contributed by atoms with Crippen molar-refractivity contribution in [2.24, 2.45) is 0 Å². The molecule has 0 fully saturated rings. The van der Waals surface area contributed by atoms with Crippen molar-refractivity contribution in [2.45, 2.75) is 6.92 Å². The lowest BCUT2D eigenvalue weighted by Gasteiger charge is -2.10. The van der Waals surface area contributed by atoms with Crippen LogP contribution in [0, 0.1) is 0 Å². The number of urea groups is 3. The van der Waals surface area contributed by atoms with E-state index in [0.29, 0.717) is 5.22 Å². The first kappa shape index (κ1) is 13.1. The van der Waals surface area contributed by atoms with E-state index in [2.05, 4.69) is 21.3 Å². The van der Waals surface area contributed by atoms with Crippen LogP contribution in [0.25, 0.3) is 0 Å². The van der Waals surface area contributed by atoms with Crippen LogP contribution in [-0.2, 0) is 4.79 Å². The van der Waals surface area contributed by atoms with Crippen LogP contribution in [0.15, 0.2) is 0 Å². The van der Waals surface area contributed by atoms with Crippen LogP contribution < -0.4 is 42.2 Å². The highest BCUT2D eigenvalue weighted by molar-refractivity contribution is 6.38. The SMILES string of the molecule is [2H]N(C)BN([2H])C(=O)NCNC(=O)N([2H])BN([2H])C(=O)NCNC(C)=O. The van der Waals surface area contributed by atoms with E-state index in [1.165, 1.54) is 14.0 Å². The molecule has 14 heteroatoms. The Morgan fingerprint density at radius 1 is 0.818 bits per heavy atom. The Hall–Kier alpha value is -2.63. The largest absolute Gasteiger partial charge is 0.370 e. The average molecular weight is 318 g/mol. The molecule has 0 aliphatic rings. The number of rotatable bonds is 8. The lowest BCUT2D eigenvalue weighted by molar-refractivity contribution is -0.118. The summed E-state index contributed by atoms with van der Waals surface area (Å²) >= 11 is 0. The minimum atomic E-state index is -1.01. The van der Waals surface area contributed by atoms with E-state index in [-0.39, 0.29) is 30.6 Å². The van der Waals surface area contributed by atoms with Crippen molar-refractivity contribution in [1.82, 2.24) is 42.2 Å². The second-order valence-corrected chi connectivity index (χ2v) is 3.61. The zero-order valence-electron chi connectivity index (χ0n) is 16.3. The molecular weight excluding hydrogens is 294 g/mol. The highest BCUT2D eigenvalue weighted by atomic mass is 16.2. The molecule has 122 valence electrons. The van der Waals surface area contributed by atoms with Crippen molar-refractivity contribution in [3.8, 4) is 0 Å². The summed E-state index contributed by atoms with van der Waals surface area (Å²) in [7, 11) is 0.346. The van der Waals surface area contributed by atoms with Crippen molar-refractivity contribution in [3.05, 3.63) is 0 Å². The van der Waals surface area contributed by atoms with Gasteiger partial charge in [0.1, 0.15) is 5.65 Å². The fourth-order valence-electron chi connectivity index (χ4n) is 0.906. The first-order chi connectivity index (χ1) is 12.0. The van der Waals surface area contributed by atoms with Crippen LogP contribution >= 0.6 is 0 Å². The summed E-state index contributed by atoms with van der Waals surface area (Å²) in [5.74, 6) is -0.383. The maximum absolute atomic E-state index is 11.6. The van der Waals surface area contributed by atoms with Gasteiger partial charge in [-0.05, 0) is 7.05 Å². The molecule has 0 aromatic carbocycles. The number of carbonyl (C=O) groups is 4. The molecule has 0 saturated carbocycles. The average Bonchev–Trinajstić information content (AvgIpc) is 2.53. The van der Waals surface area contributed by atoms with Crippen molar-refractivity contribution in [2.75, 3.05) is 20.4 Å². The first-order valence-corrected chi connectivity index (χ1v) is 6.11. The fraction of sp³-hybridized carbons (Fsp3) is 0.500. The monoisotopic (exact) mass is 318 g/mol. The fourth-order valence-corrected chi connectivity index (χ4v) is 0.906. The quantitative estimate of drug-likeness (QED) is 0.167. The zero-order valence-corrected chi connectivity index (χ0v) is 12.3. The summed E-state index contributed by atoms with van der Waals surface area (Å²) in [5, 5.41) is 10.5. The van der Waals surface area contributed by atoms with Gasteiger partial charge < -0.3 is 42.2 Å². The molecule has 0 unspecified atom stereocenters. The molecule has 0 aromatic rings. The lowest BCUT2D eigenvalue weighted by atomic mass is 10.2. The highest BCUT2D eigenvalue weighted by Crippen LogP contribution is 1.65. The van der Waals surface area contributed by atoms with E-state index in [4.69, 9.17) is 5.65 Å². The van der Waals surface area contributed by atoms with Crippen LogP contribution in [0.4, 0.5) is 14.4 Å². The molecule has 0 atom stereocenters. The molecule has 12 nitrogen and oxygen atoms in total. The van der Waals surface area contributed by atoms with E-state index in [1.54, 1.807) is 0 Å². The van der Waals surface area contributed by atoms with E-state index >= 15 is 0 Å². The van der Waals surface area contributed by atoms with Gasteiger partial charge in [0.25, 0.3) is 0 Å². The summed E-state index contributed by atoms with van der Waals surface area (Å²) in [6.45, 7) is 0.623. The summed E-state index contributed by atoms with van der Waals surface area (Å²) in [6.07, 6.45) is 0. The molecule has 0 spiro atoms. The van der Waals surface area contributed by atoms with Crippen molar-refractivity contribution >= 4 is 39.1 Å². The Balaban J connectivity index is 4.13. The second-order valence-electron chi connectivity index (χ2n) is 3.61. The Morgan fingerprint density at radius 2 is 1.23 bits per heavy atom. The van der Waals surface area contributed by atoms with E-state index < -0.39 is 32.3 Å². The highest BCUT2D eigenvalue weighted by Gasteiger charge is 2.04. The van der Waals surface area contributed by atoms with Gasteiger partial charge >= 0.3 is 33.2 Å². The van der Waals surface area contributed by atoms with Gasteiger partial charge in [-0.3, -0.25) is 19.2 Å². The zero-order chi connectivity index (χ0) is 20.3. The van der Waals surface area contributed by atoms with Gasteiger partial charge in [-0.1, -0.05) is 0 Å². The number of hydrogen-bond acceptors (Lipinski definition) is 5. The maximum Gasteiger partial charge on any atom is 0.358 e. The van der Waals surface area contributed by atoms with Crippen molar-refractivity contribution in [1.29, 1.82) is 0 Å². The smallest absolute Gasteiger partial charge is 0.358 e. The molecule has 0 radical (unpaired) electrons. The second kappa shape index (κ2) is 12.1. The van der Waals surface area contributed by atoms with Crippen molar-refractivity contribution < 1.29 is 24.8 Å². The van der Waals surface area contributed by atoms with Crippen LogP contribution in [-0.4, -0.2) is 59.5 Å². The molecule has 0 aliphatic heterocycles. The standard InChI is InChI=1S/C8H20B2N8O4/c1-5(19)12-3-13-7(21)17-10-18-8(22)15-4-14-6(20)16-9-11-2/h9-11H,3-4H2,1-2H3,(H,12,19)(H2,13,17,21)(H2,14,16,20)(H2,15,18,22)/i/hD4.